The van der Waals surface area contributed by atoms with Crippen molar-refractivity contribution in [3.8, 4) is 0 Å². The maximum atomic E-state index is 11.1. The number of likely N-dealkylation sites (tertiary alicyclic amines) is 1. The first-order chi connectivity index (χ1) is 14.6. The molecule has 0 saturated carbocycles. The number of piperidine rings is 1. The molecule has 1 saturated heterocycles. The number of rotatable bonds is 8. The maximum absolute atomic E-state index is 11.1. The van der Waals surface area contributed by atoms with Crippen LogP contribution >= 0.6 is 11.3 Å². The van der Waals surface area contributed by atoms with E-state index < -0.39 is 0 Å². The second kappa shape index (κ2) is 9.59. The first-order valence-electron chi connectivity index (χ1n) is 10.8. The molecule has 2 N–H and O–H groups in total. The third kappa shape index (κ3) is 5.18. The molecule has 3 nitrogen and oxygen atoms in total. The van der Waals surface area contributed by atoms with Crippen molar-refractivity contribution in [1.29, 1.82) is 0 Å². The van der Waals surface area contributed by atoms with Gasteiger partial charge in [0, 0.05) is 16.8 Å². The lowest BCUT2D eigenvalue weighted by atomic mass is 9.73. The monoisotopic (exact) mass is 418 g/mol. The number of nitrogens with zero attached hydrogens (tertiary/aromatic N) is 1. The highest BCUT2D eigenvalue weighted by Crippen LogP contribution is 2.42. The third-order valence-corrected chi connectivity index (χ3v) is 7.52. The van der Waals surface area contributed by atoms with Gasteiger partial charge in [0.1, 0.15) is 0 Å². The van der Waals surface area contributed by atoms with Gasteiger partial charge in [-0.05, 0) is 66.9 Å². The molecule has 4 heteroatoms. The van der Waals surface area contributed by atoms with Gasteiger partial charge in [-0.25, -0.2) is 0 Å². The molecule has 0 atom stereocenters. The first-order valence-corrected chi connectivity index (χ1v) is 11.7. The molecule has 4 rings (SSSR count). The van der Waals surface area contributed by atoms with E-state index in [1.54, 1.807) is 4.88 Å². The summed E-state index contributed by atoms with van der Waals surface area (Å²) in [7, 11) is 0. The van der Waals surface area contributed by atoms with Crippen LogP contribution in [0.1, 0.15) is 40.8 Å². The zero-order chi connectivity index (χ0) is 20.8. The van der Waals surface area contributed by atoms with Crippen LogP contribution in [0.3, 0.4) is 0 Å². The summed E-state index contributed by atoms with van der Waals surface area (Å²) in [6, 6.07) is 23.7. The van der Waals surface area contributed by atoms with E-state index in [4.69, 9.17) is 5.73 Å². The molecule has 1 aromatic heterocycles. The molecule has 0 unspecified atom stereocenters. The topological polar surface area (TPSA) is 46.3 Å². The van der Waals surface area contributed by atoms with Gasteiger partial charge in [-0.15, -0.1) is 11.3 Å². The Kier molecular flexibility index (Phi) is 6.66. The number of amides is 1. The molecule has 1 fully saturated rings. The SMILES string of the molecule is NC(=O)Cc1ccc(CN2CCC(CCc3ccccc3)(c3cccs3)CC2)cc1. The summed E-state index contributed by atoms with van der Waals surface area (Å²) < 4.78 is 0. The summed E-state index contributed by atoms with van der Waals surface area (Å²) in [4.78, 5) is 15.2. The number of carbonyl (C=O) groups excluding carboxylic acids is 1. The van der Waals surface area contributed by atoms with Crippen LogP contribution in [0.5, 0.6) is 0 Å². The van der Waals surface area contributed by atoms with E-state index in [1.165, 1.54) is 30.4 Å². The lowest BCUT2D eigenvalue weighted by Gasteiger charge is -2.42. The zero-order valence-corrected chi connectivity index (χ0v) is 18.2. The summed E-state index contributed by atoms with van der Waals surface area (Å²) in [5, 5.41) is 2.22. The lowest BCUT2D eigenvalue weighted by Crippen LogP contribution is -2.42. The van der Waals surface area contributed by atoms with Gasteiger partial charge in [0.05, 0.1) is 6.42 Å². The van der Waals surface area contributed by atoms with Gasteiger partial charge < -0.3 is 5.73 Å². The number of nitrogens with two attached hydrogens (primary N) is 1. The molecule has 1 aliphatic rings. The van der Waals surface area contributed by atoms with Crippen molar-refractivity contribution < 1.29 is 4.79 Å². The van der Waals surface area contributed by atoms with E-state index in [0.29, 0.717) is 11.8 Å². The van der Waals surface area contributed by atoms with Crippen LogP contribution in [0.25, 0.3) is 0 Å². The molecule has 0 radical (unpaired) electrons. The second-order valence-electron chi connectivity index (χ2n) is 8.48. The van der Waals surface area contributed by atoms with Crippen molar-refractivity contribution >= 4 is 17.2 Å². The first kappa shape index (κ1) is 20.8. The Morgan fingerprint density at radius 3 is 2.23 bits per heavy atom. The minimum atomic E-state index is -0.279. The van der Waals surface area contributed by atoms with Crippen molar-refractivity contribution in [3.63, 3.8) is 0 Å². The van der Waals surface area contributed by atoms with E-state index in [-0.39, 0.29) is 5.91 Å². The van der Waals surface area contributed by atoms with Crippen LogP contribution in [0.2, 0.25) is 0 Å². The number of aryl methyl sites for hydroxylation is 1. The Balaban J connectivity index is 1.38. The van der Waals surface area contributed by atoms with E-state index in [9.17, 15) is 4.79 Å². The summed E-state index contributed by atoms with van der Waals surface area (Å²) in [5.41, 5.74) is 9.32. The van der Waals surface area contributed by atoms with Gasteiger partial charge in [-0.3, -0.25) is 9.69 Å². The van der Waals surface area contributed by atoms with Crippen molar-refractivity contribution in [2.24, 2.45) is 5.73 Å². The quantitative estimate of drug-likeness (QED) is 0.563. The number of hydrogen-bond acceptors (Lipinski definition) is 3. The number of hydrogen-bond donors (Lipinski definition) is 1. The number of thiophene rings is 1. The molecule has 3 aromatic rings. The molecule has 0 aliphatic carbocycles. The van der Waals surface area contributed by atoms with Crippen molar-refractivity contribution in [3.05, 3.63) is 93.7 Å². The van der Waals surface area contributed by atoms with E-state index >= 15 is 0 Å². The standard InChI is InChI=1S/C26H30N2OS/c27-25(29)19-22-8-10-23(11-9-22)20-28-16-14-26(15-17-28,24-7-4-18-30-24)13-12-21-5-2-1-3-6-21/h1-11,18H,12-17,19-20H2,(H2,27,29). The fourth-order valence-electron chi connectivity index (χ4n) is 4.59. The summed E-state index contributed by atoms with van der Waals surface area (Å²) in [6.07, 6.45) is 5.09. The highest BCUT2D eigenvalue weighted by atomic mass is 32.1. The minimum absolute atomic E-state index is 0.279. The summed E-state index contributed by atoms with van der Waals surface area (Å²) >= 11 is 1.92. The van der Waals surface area contributed by atoms with Gasteiger partial charge in [0.15, 0.2) is 0 Å². The van der Waals surface area contributed by atoms with Crippen LogP contribution in [0.4, 0.5) is 0 Å². The fraction of sp³-hybridized carbons (Fsp3) is 0.346. The zero-order valence-electron chi connectivity index (χ0n) is 17.4. The van der Waals surface area contributed by atoms with Gasteiger partial charge in [-0.2, -0.15) is 0 Å². The molecule has 2 aromatic carbocycles. The third-order valence-electron chi connectivity index (χ3n) is 6.40. The Hall–Kier alpha value is -2.43. The Morgan fingerprint density at radius 2 is 1.60 bits per heavy atom. The molecule has 2 heterocycles. The molecule has 1 aliphatic heterocycles. The summed E-state index contributed by atoms with van der Waals surface area (Å²) in [5.74, 6) is -0.279. The van der Waals surface area contributed by atoms with Crippen LogP contribution in [0.15, 0.2) is 72.1 Å². The molecule has 0 bridgehead atoms. The van der Waals surface area contributed by atoms with Crippen LogP contribution in [-0.2, 0) is 29.6 Å². The van der Waals surface area contributed by atoms with E-state index in [2.05, 4.69) is 64.9 Å². The van der Waals surface area contributed by atoms with Crippen molar-refractivity contribution in [2.75, 3.05) is 13.1 Å². The Morgan fingerprint density at radius 1 is 0.900 bits per heavy atom. The molecule has 0 spiro atoms. The number of primary amides is 1. The number of carbonyl (C=O) groups is 1. The van der Waals surface area contributed by atoms with Crippen LogP contribution in [-0.4, -0.2) is 23.9 Å². The van der Waals surface area contributed by atoms with Crippen molar-refractivity contribution in [2.45, 2.75) is 44.1 Å². The molecule has 30 heavy (non-hydrogen) atoms. The fourth-order valence-corrected chi connectivity index (χ4v) is 5.61. The molecular formula is C26H30N2OS. The Bertz CT molecular complexity index is 927. The van der Waals surface area contributed by atoms with Gasteiger partial charge in [-0.1, -0.05) is 60.7 Å². The second-order valence-corrected chi connectivity index (χ2v) is 9.43. The maximum Gasteiger partial charge on any atom is 0.221 e. The van der Waals surface area contributed by atoms with Crippen molar-refractivity contribution in [1.82, 2.24) is 4.90 Å². The molecule has 156 valence electrons. The average Bonchev–Trinajstić information content (AvgIpc) is 3.31. The lowest BCUT2D eigenvalue weighted by molar-refractivity contribution is -0.117. The highest BCUT2D eigenvalue weighted by Gasteiger charge is 2.36. The van der Waals surface area contributed by atoms with Crippen LogP contribution in [0, 0.1) is 0 Å². The van der Waals surface area contributed by atoms with E-state index in [0.717, 1.165) is 31.6 Å². The largest absolute Gasteiger partial charge is 0.369 e. The smallest absolute Gasteiger partial charge is 0.221 e. The van der Waals surface area contributed by atoms with E-state index in [1.807, 2.05) is 23.5 Å². The average molecular weight is 419 g/mol. The summed E-state index contributed by atoms with van der Waals surface area (Å²) in [6.45, 7) is 3.21. The van der Waals surface area contributed by atoms with Gasteiger partial charge in [0.2, 0.25) is 5.91 Å². The highest BCUT2D eigenvalue weighted by molar-refractivity contribution is 7.10. The molecule has 1 amide bonds. The van der Waals surface area contributed by atoms with Crippen LogP contribution < -0.4 is 5.73 Å². The normalized spacial score (nSPS) is 16.4. The minimum Gasteiger partial charge on any atom is -0.369 e. The predicted molar refractivity (Wildman–Crippen MR) is 125 cm³/mol. The Labute approximate surface area is 183 Å². The number of benzene rings is 2. The molecular weight excluding hydrogens is 388 g/mol. The van der Waals surface area contributed by atoms with Gasteiger partial charge in [0.25, 0.3) is 0 Å². The van der Waals surface area contributed by atoms with Gasteiger partial charge >= 0.3 is 0 Å². The predicted octanol–water partition coefficient (Wildman–Crippen LogP) is 4.94.